The van der Waals surface area contributed by atoms with Gasteiger partial charge >= 0.3 is 0 Å². The average molecular weight is 173 g/mol. The standard InChI is InChI=1S/C5H10Cl2S/c6-4-2-1-3-5-8-7/h1-5H2. The molecule has 50 valence electrons. The minimum atomic E-state index is 0.785. The smallest absolute Gasteiger partial charge is 0.0223 e. The average Bonchev–Trinajstić information content (AvgIpc) is 1.81. The number of halogens is 2. The minimum absolute atomic E-state index is 0.785. The summed E-state index contributed by atoms with van der Waals surface area (Å²) < 4.78 is 0. The van der Waals surface area contributed by atoms with E-state index < -0.39 is 0 Å². The highest BCUT2D eigenvalue weighted by Crippen LogP contribution is 2.09. The fourth-order valence-electron chi connectivity index (χ4n) is 0.428. The molecular weight excluding hydrogens is 163 g/mol. The summed E-state index contributed by atoms with van der Waals surface area (Å²) in [5.74, 6) is 1.84. The number of alkyl halides is 1. The predicted octanol–water partition coefficient (Wildman–Crippen LogP) is 3.28. The Hall–Kier alpha value is 0.930. The molecule has 0 aliphatic heterocycles. The fraction of sp³-hybridized carbons (Fsp3) is 1.00. The quantitative estimate of drug-likeness (QED) is 0.454. The van der Waals surface area contributed by atoms with Crippen molar-refractivity contribution in [2.45, 2.75) is 19.3 Å². The van der Waals surface area contributed by atoms with Gasteiger partial charge in [-0.2, -0.15) is 0 Å². The number of hydrogen-bond donors (Lipinski definition) is 0. The Balaban J connectivity index is 2.53. The van der Waals surface area contributed by atoms with Crippen LogP contribution in [-0.4, -0.2) is 11.6 Å². The SMILES string of the molecule is ClCCCCCSCl. The second kappa shape index (κ2) is 7.93. The van der Waals surface area contributed by atoms with Crippen LogP contribution in [0.1, 0.15) is 19.3 Å². The Bertz CT molecular complexity index is 35.4. The second-order valence-electron chi connectivity index (χ2n) is 1.56. The third-order valence-electron chi connectivity index (χ3n) is 0.855. The molecular formula is C5H10Cl2S. The van der Waals surface area contributed by atoms with Crippen molar-refractivity contribution in [3.63, 3.8) is 0 Å². The van der Waals surface area contributed by atoms with Crippen LogP contribution in [0.25, 0.3) is 0 Å². The predicted molar refractivity (Wildman–Crippen MR) is 42.9 cm³/mol. The molecule has 0 unspecified atom stereocenters. The molecule has 0 spiro atoms. The normalized spacial score (nSPS) is 9.75. The van der Waals surface area contributed by atoms with Gasteiger partial charge in [0.2, 0.25) is 0 Å². The monoisotopic (exact) mass is 172 g/mol. The zero-order valence-corrected chi connectivity index (χ0v) is 7.03. The third kappa shape index (κ3) is 6.93. The van der Waals surface area contributed by atoms with Gasteiger partial charge in [0.25, 0.3) is 0 Å². The molecule has 0 N–H and O–H groups in total. The Morgan fingerprint density at radius 3 is 2.38 bits per heavy atom. The summed E-state index contributed by atoms with van der Waals surface area (Å²) in [6.07, 6.45) is 3.53. The molecule has 0 amide bonds. The summed E-state index contributed by atoms with van der Waals surface area (Å²) in [7, 11) is 6.75. The van der Waals surface area contributed by atoms with Gasteiger partial charge in [-0.3, -0.25) is 0 Å². The van der Waals surface area contributed by atoms with Gasteiger partial charge in [-0.1, -0.05) is 17.4 Å². The maximum absolute atomic E-state index is 5.44. The Labute approximate surface area is 64.4 Å². The van der Waals surface area contributed by atoms with Crippen LogP contribution in [0.3, 0.4) is 0 Å². The van der Waals surface area contributed by atoms with Crippen LogP contribution in [-0.2, 0) is 0 Å². The summed E-state index contributed by atoms with van der Waals surface area (Å²) in [6.45, 7) is 0. The molecule has 0 atom stereocenters. The molecule has 0 aromatic carbocycles. The topological polar surface area (TPSA) is 0 Å². The largest absolute Gasteiger partial charge is 0.127 e. The van der Waals surface area contributed by atoms with Gasteiger partial charge in [0.15, 0.2) is 0 Å². The highest BCUT2D eigenvalue weighted by atomic mass is 35.7. The van der Waals surface area contributed by atoms with E-state index in [0.29, 0.717) is 0 Å². The van der Waals surface area contributed by atoms with Crippen molar-refractivity contribution in [2.75, 3.05) is 11.6 Å². The first kappa shape index (κ1) is 8.93. The molecule has 0 aromatic heterocycles. The maximum atomic E-state index is 5.44. The summed E-state index contributed by atoms with van der Waals surface area (Å²) in [5, 5.41) is 0. The Morgan fingerprint density at radius 1 is 1.12 bits per heavy atom. The first-order chi connectivity index (χ1) is 3.91. The Morgan fingerprint density at radius 2 is 1.88 bits per heavy atom. The fourth-order valence-corrected chi connectivity index (χ4v) is 1.26. The van der Waals surface area contributed by atoms with E-state index in [2.05, 4.69) is 0 Å². The van der Waals surface area contributed by atoms with Crippen molar-refractivity contribution in [3.8, 4) is 0 Å². The van der Waals surface area contributed by atoms with Crippen molar-refractivity contribution in [1.29, 1.82) is 0 Å². The maximum Gasteiger partial charge on any atom is 0.0223 e. The van der Waals surface area contributed by atoms with E-state index in [-0.39, 0.29) is 0 Å². The molecule has 0 saturated carbocycles. The first-order valence-corrected chi connectivity index (χ1v) is 5.06. The van der Waals surface area contributed by atoms with Gasteiger partial charge in [-0.05, 0) is 23.5 Å². The zero-order chi connectivity index (χ0) is 6.24. The van der Waals surface area contributed by atoms with Gasteiger partial charge in [0.1, 0.15) is 0 Å². The number of rotatable bonds is 5. The van der Waals surface area contributed by atoms with E-state index in [0.717, 1.165) is 18.1 Å². The molecule has 0 radical (unpaired) electrons. The molecule has 0 aliphatic carbocycles. The van der Waals surface area contributed by atoms with Crippen molar-refractivity contribution >= 4 is 33.3 Å². The first-order valence-electron chi connectivity index (χ1n) is 2.71. The number of hydrogen-bond acceptors (Lipinski definition) is 1. The van der Waals surface area contributed by atoms with Crippen LogP contribution in [0.2, 0.25) is 0 Å². The highest BCUT2D eigenvalue weighted by molar-refractivity contribution is 8.21. The summed E-state index contributed by atoms with van der Waals surface area (Å²) in [4.78, 5) is 0. The molecule has 0 heterocycles. The van der Waals surface area contributed by atoms with Crippen LogP contribution >= 0.6 is 33.3 Å². The third-order valence-corrected chi connectivity index (χ3v) is 2.03. The number of unbranched alkanes of at least 4 members (excludes halogenated alkanes) is 2. The van der Waals surface area contributed by atoms with Crippen LogP contribution in [0, 0.1) is 0 Å². The Kier molecular flexibility index (Phi) is 8.85. The zero-order valence-electron chi connectivity index (χ0n) is 4.70. The lowest BCUT2D eigenvalue weighted by Gasteiger charge is -1.91. The molecule has 8 heavy (non-hydrogen) atoms. The van der Waals surface area contributed by atoms with Gasteiger partial charge in [0, 0.05) is 11.6 Å². The van der Waals surface area contributed by atoms with E-state index in [9.17, 15) is 0 Å². The molecule has 0 nitrogen and oxygen atoms in total. The van der Waals surface area contributed by atoms with Gasteiger partial charge in [0.05, 0.1) is 0 Å². The molecule has 0 aromatic rings. The minimum Gasteiger partial charge on any atom is -0.127 e. The van der Waals surface area contributed by atoms with E-state index in [1.165, 1.54) is 23.8 Å². The van der Waals surface area contributed by atoms with E-state index in [1.54, 1.807) is 0 Å². The molecule has 0 rings (SSSR count). The second-order valence-corrected chi connectivity index (χ2v) is 3.22. The van der Waals surface area contributed by atoms with Crippen LogP contribution < -0.4 is 0 Å². The molecule has 0 saturated heterocycles. The molecule has 3 heteroatoms. The summed E-state index contributed by atoms with van der Waals surface area (Å²) in [5.41, 5.74) is 0. The summed E-state index contributed by atoms with van der Waals surface area (Å²) in [6, 6.07) is 0. The lowest BCUT2D eigenvalue weighted by atomic mass is 10.3. The molecule has 0 fully saturated rings. The molecule has 0 bridgehead atoms. The van der Waals surface area contributed by atoms with E-state index in [1.807, 2.05) is 0 Å². The van der Waals surface area contributed by atoms with E-state index >= 15 is 0 Å². The van der Waals surface area contributed by atoms with Crippen LogP contribution in [0.5, 0.6) is 0 Å². The van der Waals surface area contributed by atoms with Gasteiger partial charge < -0.3 is 0 Å². The van der Waals surface area contributed by atoms with E-state index in [4.69, 9.17) is 22.3 Å². The summed E-state index contributed by atoms with van der Waals surface area (Å²) >= 11 is 5.44. The van der Waals surface area contributed by atoms with Crippen molar-refractivity contribution in [1.82, 2.24) is 0 Å². The van der Waals surface area contributed by atoms with Crippen molar-refractivity contribution < 1.29 is 0 Å². The van der Waals surface area contributed by atoms with Crippen LogP contribution in [0.15, 0.2) is 0 Å². The molecule has 0 aliphatic rings. The highest BCUT2D eigenvalue weighted by Gasteiger charge is 1.85. The van der Waals surface area contributed by atoms with Crippen molar-refractivity contribution in [2.24, 2.45) is 0 Å². The lowest BCUT2D eigenvalue weighted by Crippen LogP contribution is -1.78. The van der Waals surface area contributed by atoms with Gasteiger partial charge in [-0.15, -0.1) is 11.6 Å². The lowest BCUT2D eigenvalue weighted by molar-refractivity contribution is 0.784. The van der Waals surface area contributed by atoms with Crippen LogP contribution in [0.4, 0.5) is 0 Å². The van der Waals surface area contributed by atoms with Crippen molar-refractivity contribution in [3.05, 3.63) is 0 Å². The van der Waals surface area contributed by atoms with Gasteiger partial charge in [-0.25, -0.2) is 0 Å².